The van der Waals surface area contributed by atoms with Gasteiger partial charge < -0.3 is 0 Å². The van der Waals surface area contributed by atoms with Crippen molar-refractivity contribution in [1.29, 1.82) is 0 Å². The molecule has 8 aromatic rings. The normalized spacial score (nSPS) is 11.3. The van der Waals surface area contributed by atoms with E-state index in [-0.39, 0.29) is 0 Å². The fourth-order valence-electron chi connectivity index (χ4n) is 6.51. The first kappa shape index (κ1) is 24.3. The van der Waals surface area contributed by atoms with Crippen molar-refractivity contribution in [3.05, 3.63) is 170 Å². The molecule has 0 aliphatic heterocycles. The Kier molecular flexibility index (Phi) is 5.90. The molecule has 0 spiro atoms. The average molecular weight is 533 g/mol. The first-order chi connectivity index (χ1) is 20.8. The lowest BCUT2D eigenvalue weighted by Crippen LogP contribution is -1.91. The third-order valence-electron chi connectivity index (χ3n) is 8.45. The molecular weight excluding hydrogens is 504 g/mol. The Morgan fingerprint density at radius 1 is 0.238 bits per heavy atom. The zero-order valence-corrected chi connectivity index (χ0v) is 23.2. The first-order valence-electron chi connectivity index (χ1n) is 14.5. The molecule has 196 valence electrons. The number of fused-ring (bicyclic) bond motifs is 3. The zero-order chi connectivity index (χ0) is 27.9. The van der Waals surface area contributed by atoms with Gasteiger partial charge in [-0.05, 0) is 89.0 Å². The highest BCUT2D eigenvalue weighted by Gasteiger charge is 2.18. The Morgan fingerprint density at radius 3 is 1.36 bits per heavy atom. The molecule has 0 fully saturated rings. The molecule has 0 radical (unpaired) electrons. The van der Waals surface area contributed by atoms with Gasteiger partial charge in [0.05, 0.1) is 0 Å². The topological polar surface area (TPSA) is 0 Å². The Morgan fingerprint density at radius 2 is 0.714 bits per heavy atom. The van der Waals surface area contributed by atoms with Crippen molar-refractivity contribution in [2.75, 3.05) is 0 Å². The summed E-state index contributed by atoms with van der Waals surface area (Å²) < 4.78 is 0. The van der Waals surface area contributed by atoms with E-state index >= 15 is 0 Å². The second kappa shape index (κ2) is 10.2. The van der Waals surface area contributed by atoms with E-state index < -0.39 is 0 Å². The molecular formula is C42H28. The lowest BCUT2D eigenvalue weighted by atomic mass is 9.84. The highest BCUT2D eigenvalue weighted by Crippen LogP contribution is 2.45. The summed E-state index contributed by atoms with van der Waals surface area (Å²) in [7, 11) is 0. The molecule has 0 heteroatoms. The molecule has 8 aromatic carbocycles. The highest BCUT2D eigenvalue weighted by molar-refractivity contribution is 6.23. The van der Waals surface area contributed by atoms with Gasteiger partial charge in [0.15, 0.2) is 0 Å². The van der Waals surface area contributed by atoms with Crippen LogP contribution >= 0.6 is 0 Å². The summed E-state index contributed by atoms with van der Waals surface area (Å²) in [5, 5.41) is 7.62. The van der Waals surface area contributed by atoms with Crippen molar-refractivity contribution in [3.63, 3.8) is 0 Å². The third kappa shape index (κ3) is 4.08. The van der Waals surface area contributed by atoms with Gasteiger partial charge in [-0.2, -0.15) is 0 Å². The average Bonchev–Trinajstić information content (AvgIpc) is 3.07. The molecule has 0 saturated heterocycles. The van der Waals surface area contributed by atoms with E-state index in [1.54, 1.807) is 0 Å². The van der Waals surface area contributed by atoms with Crippen LogP contribution in [0.3, 0.4) is 0 Å². The monoisotopic (exact) mass is 532 g/mol. The van der Waals surface area contributed by atoms with Crippen molar-refractivity contribution in [1.82, 2.24) is 0 Å². The fourth-order valence-corrected chi connectivity index (χ4v) is 6.51. The van der Waals surface area contributed by atoms with Crippen LogP contribution in [0.25, 0.3) is 76.8 Å². The van der Waals surface area contributed by atoms with Gasteiger partial charge >= 0.3 is 0 Å². The molecule has 0 aliphatic rings. The minimum absolute atomic E-state index is 1.22. The smallest absolute Gasteiger partial charge is 0.00201 e. The van der Waals surface area contributed by atoms with E-state index in [4.69, 9.17) is 0 Å². The predicted molar refractivity (Wildman–Crippen MR) is 181 cm³/mol. The van der Waals surface area contributed by atoms with Gasteiger partial charge in [0.25, 0.3) is 0 Å². The van der Waals surface area contributed by atoms with Crippen LogP contribution in [0.15, 0.2) is 170 Å². The Balaban J connectivity index is 1.40. The van der Waals surface area contributed by atoms with Gasteiger partial charge in [0.2, 0.25) is 0 Å². The maximum absolute atomic E-state index is 2.38. The molecule has 42 heavy (non-hydrogen) atoms. The van der Waals surface area contributed by atoms with Gasteiger partial charge in [0.1, 0.15) is 0 Å². The molecule has 0 bridgehead atoms. The molecule has 0 heterocycles. The molecule has 0 amide bonds. The van der Waals surface area contributed by atoms with E-state index in [9.17, 15) is 0 Å². The van der Waals surface area contributed by atoms with Crippen LogP contribution in [0.5, 0.6) is 0 Å². The van der Waals surface area contributed by atoms with Crippen molar-refractivity contribution < 1.29 is 0 Å². The van der Waals surface area contributed by atoms with Crippen LogP contribution in [-0.2, 0) is 0 Å². The standard InChI is InChI=1S/C42H28/c1-3-13-29(14-4-1)32-18-11-19-33(27-32)34-26-25-30-17-12-24-39(40(30)28-34)42-37-22-9-7-20-35(37)41(31-15-5-2-6-16-31)36-21-8-10-23-38(36)42/h1-28H. The van der Waals surface area contributed by atoms with Gasteiger partial charge in [-0.15, -0.1) is 0 Å². The van der Waals surface area contributed by atoms with Gasteiger partial charge in [-0.25, -0.2) is 0 Å². The minimum atomic E-state index is 1.22. The molecule has 0 saturated carbocycles. The SMILES string of the molecule is c1ccc(-c2cccc(-c3ccc4cccc(-c5c6ccccc6c(-c6ccccc6)c6ccccc56)c4c3)c2)cc1. The summed E-state index contributed by atoms with van der Waals surface area (Å²) >= 11 is 0. The van der Waals surface area contributed by atoms with E-state index in [0.29, 0.717) is 0 Å². The maximum atomic E-state index is 2.38. The van der Waals surface area contributed by atoms with E-state index in [2.05, 4.69) is 170 Å². The van der Waals surface area contributed by atoms with Crippen molar-refractivity contribution in [2.24, 2.45) is 0 Å². The second-order valence-corrected chi connectivity index (χ2v) is 10.9. The molecule has 0 atom stereocenters. The summed E-state index contributed by atoms with van der Waals surface area (Å²) in [6, 6.07) is 61.7. The Hall–Kier alpha value is -5.46. The van der Waals surface area contributed by atoms with E-state index in [1.165, 1.54) is 76.8 Å². The lowest BCUT2D eigenvalue weighted by molar-refractivity contribution is 1.60. The molecule has 0 nitrogen and oxygen atoms in total. The second-order valence-electron chi connectivity index (χ2n) is 10.9. The number of benzene rings is 8. The highest BCUT2D eigenvalue weighted by atomic mass is 14.2. The summed E-state index contributed by atoms with van der Waals surface area (Å²) in [5.41, 5.74) is 10.0. The van der Waals surface area contributed by atoms with Gasteiger partial charge in [-0.1, -0.05) is 158 Å². The third-order valence-corrected chi connectivity index (χ3v) is 8.45. The van der Waals surface area contributed by atoms with Crippen LogP contribution in [0, 0.1) is 0 Å². The first-order valence-corrected chi connectivity index (χ1v) is 14.5. The Labute approximate surface area is 246 Å². The molecule has 0 N–H and O–H groups in total. The number of hydrogen-bond acceptors (Lipinski definition) is 0. The van der Waals surface area contributed by atoms with Crippen LogP contribution in [-0.4, -0.2) is 0 Å². The van der Waals surface area contributed by atoms with Crippen molar-refractivity contribution in [3.8, 4) is 44.5 Å². The van der Waals surface area contributed by atoms with Gasteiger partial charge in [0, 0.05) is 0 Å². The van der Waals surface area contributed by atoms with Crippen molar-refractivity contribution >= 4 is 32.3 Å². The molecule has 8 rings (SSSR count). The predicted octanol–water partition coefficient (Wildman–Crippen LogP) is 11.8. The van der Waals surface area contributed by atoms with E-state index in [0.717, 1.165) is 0 Å². The van der Waals surface area contributed by atoms with E-state index in [1.807, 2.05) is 0 Å². The van der Waals surface area contributed by atoms with Crippen LogP contribution in [0.2, 0.25) is 0 Å². The number of rotatable bonds is 4. The fraction of sp³-hybridized carbons (Fsp3) is 0. The molecule has 0 unspecified atom stereocenters. The quantitative estimate of drug-likeness (QED) is 0.198. The lowest BCUT2D eigenvalue weighted by Gasteiger charge is -2.19. The maximum Gasteiger partial charge on any atom is -0.00201 e. The zero-order valence-electron chi connectivity index (χ0n) is 23.2. The summed E-state index contributed by atoms with van der Waals surface area (Å²) in [4.78, 5) is 0. The van der Waals surface area contributed by atoms with Crippen LogP contribution in [0.4, 0.5) is 0 Å². The van der Waals surface area contributed by atoms with Crippen LogP contribution < -0.4 is 0 Å². The minimum Gasteiger partial charge on any atom is -0.0622 e. The summed E-state index contributed by atoms with van der Waals surface area (Å²) in [6.45, 7) is 0. The molecule has 0 aromatic heterocycles. The van der Waals surface area contributed by atoms with Crippen LogP contribution in [0.1, 0.15) is 0 Å². The summed E-state index contributed by atoms with van der Waals surface area (Å²) in [6.07, 6.45) is 0. The largest absolute Gasteiger partial charge is 0.0622 e. The van der Waals surface area contributed by atoms with Gasteiger partial charge in [-0.3, -0.25) is 0 Å². The van der Waals surface area contributed by atoms with Crippen molar-refractivity contribution in [2.45, 2.75) is 0 Å². The molecule has 0 aliphatic carbocycles. The Bertz CT molecular complexity index is 2170. The summed E-state index contributed by atoms with van der Waals surface area (Å²) in [5.74, 6) is 0. The number of hydrogen-bond donors (Lipinski definition) is 0.